The molecule has 3 aromatic carbocycles. The summed E-state index contributed by atoms with van der Waals surface area (Å²) in [5.74, 6) is 1.09. The van der Waals surface area contributed by atoms with Gasteiger partial charge in [0.05, 0.1) is 12.5 Å². The number of hydrogen-bond acceptors (Lipinski definition) is 7. The fourth-order valence-electron chi connectivity index (χ4n) is 4.14. The van der Waals surface area contributed by atoms with Crippen LogP contribution in [0.15, 0.2) is 72.1 Å². The van der Waals surface area contributed by atoms with E-state index < -0.39 is 11.9 Å². The topological polar surface area (TPSA) is 104 Å². The van der Waals surface area contributed by atoms with E-state index in [1.807, 2.05) is 56.3 Å². The number of allylic oxidation sites excluding steroid dienone is 1. The molecule has 0 amide bonds. The maximum Gasteiger partial charge on any atom is 0.349 e. The van der Waals surface area contributed by atoms with Crippen LogP contribution in [0.2, 0.25) is 0 Å². The van der Waals surface area contributed by atoms with Crippen molar-refractivity contribution in [2.75, 3.05) is 13.2 Å². The number of aryl methyl sites for hydroxylation is 1. The Labute approximate surface area is 217 Å². The summed E-state index contributed by atoms with van der Waals surface area (Å²) in [4.78, 5) is 12.5. The maximum absolute atomic E-state index is 12.5. The number of carbonyl (C=O) groups excluding carboxylic acids is 1. The van der Waals surface area contributed by atoms with E-state index in [0.29, 0.717) is 23.7 Å². The third-order valence-corrected chi connectivity index (χ3v) is 6.28. The number of ether oxygens (including phenoxy) is 4. The van der Waals surface area contributed by atoms with Crippen molar-refractivity contribution in [1.29, 1.82) is 5.26 Å². The minimum absolute atomic E-state index is 0.0130. The number of fused-ring (bicyclic) bond motifs is 1. The molecule has 2 N–H and O–H groups in total. The Morgan fingerprint density at radius 3 is 2.65 bits per heavy atom. The molecule has 0 spiro atoms. The van der Waals surface area contributed by atoms with Crippen LogP contribution in [0.4, 0.5) is 0 Å². The Morgan fingerprint density at radius 2 is 1.86 bits per heavy atom. The average molecular weight is 499 g/mol. The predicted octanol–water partition coefficient (Wildman–Crippen LogP) is 5.68. The van der Waals surface area contributed by atoms with E-state index >= 15 is 0 Å². The Hall–Kier alpha value is -4.44. The average Bonchev–Trinajstić information content (AvgIpc) is 2.89. The summed E-state index contributed by atoms with van der Waals surface area (Å²) in [5.41, 5.74) is 10.1. The van der Waals surface area contributed by atoms with Crippen molar-refractivity contribution in [3.05, 3.63) is 94.4 Å². The molecule has 3 aromatic rings. The lowest BCUT2D eigenvalue weighted by Gasteiger charge is -2.27. The number of unbranched alkanes of at least 4 members (excludes halogenated alkanes) is 1. The van der Waals surface area contributed by atoms with Gasteiger partial charge < -0.3 is 24.7 Å². The first kappa shape index (κ1) is 25.6. The third-order valence-electron chi connectivity index (χ3n) is 6.28. The van der Waals surface area contributed by atoms with Crippen molar-refractivity contribution in [1.82, 2.24) is 0 Å². The van der Waals surface area contributed by atoms with E-state index in [2.05, 4.69) is 13.0 Å². The molecular weight excluding hydrogens is 468 g/mol. The molecule has 0 bridgehead atoms. The standard InChI is InChI=1S/C30H30N2O5/c1-4-5-14-34-22-10-7-9-21(15-22)29-24-13-12-23(16-27(24)37-30(32)25(29)17-31)36-28(33)18-35-26-11-6-8-19(2)20(26)3/h6-13,15-16,29H,4-5,14,18,32H2,1-3H3. The van der Waals surface area contributed by atoms with Crippen molar-refractivity contribution < 1.29 is 23.7 Å². The Kier molecular flexibility index (Phi) is 7.99. The van der Waals surface area contributed by atoms with Crippen LogP contribution in [0, 0.1) is 25.2 Å². The number of hydrogen-bond donors (Lipinski definition) is 1. The van der Waals surface area contributed by atoms with Gasteiger partial charge in [-0.3, -0.25) is 0 Å². The van der Waals surface area contributed by atoms with Crippen LogP contribution in [-0.2, 0) is 4.79 Å². The highest BCUT2D eigenvalue weighted by molar-refractivity contribution is 5.74. The Bertz CT molecular complexity index is 1370. The molecule has 37 heavy (non-hydrogen) atoms. The predicted molar refractivity (Wildman–Crippen MR) is 140 cm³/mol. The van der Waals surface area contributed by atoms with Crippen molar-refractivity contribution >= 4 is 5.97 Å². The summed E-state index contributed by atoms with van der Waals surface area (Å²) in [6.07, 6.45) is 1.99. The van der Waals surface area contributed by atoms with Gasteiger partial charge in [-0.25, -0.2) is 4.79 Å². The summed E-state index contributed by atoms with van der Waals surface area (Å²) in [6, 6.07) is 20.5. The van der Waals surface area contributed by atoms with E-state index in [0.717, 1.165) is 40.8 Å². The molecule has 0 aliphatic carbocycles. The van der Waals surface area contributed by atoms with Crippen LogP contribution in [0.1, 0.15) is 47.9 Å². The second kappa shape index (κ2) is 11.5. The maximum atomic E-state index is 12.5. The molecule has 1 heterocycles. The van der Waals surface area contributed by atoms with Gasteiger partial charge in [-0.15, -0.1) is 0 Å². The van der Waals surface area contributed by atoms with Crippen molar-refractivity contribution in [3.63, 3.8) is 0 Å². The number of nitrogens with two attached hydrogens (primary N) is 1. The zero-order chi connectivity index (χ0) is 26.4. The summed E-state index contributed by atoms with van der Waals surface area (Å²) in [6.45, 7) is 6.41. The van der Waals surface area contributed by atoms with Crippen LogP contribution in [0.3, 0.4) is 0 Å². The van der Waals surface area contributed by atoms with Gasteiger partial charge >= 0.3 is 5.97 Å². The molecule has 1 aliphatic heterocycles. The molecule has 1 aliphatic rings. The largest absolute Gasteiger partial charge is 0.494 e. The van der Waals surface area contributed by atoms with Gasteiger partial charge in [0.15, 0.2) is 6.61 Å². The highest BCUT2D eigenvalue weighted by Gasteiger charge is 2.31. The summed E-state index contributed by atoms with van der Waals surface area (Å²) < 4.78 is 22.8. The van der Waals surface area contributed by atoms with E-state index in [1.165, 1.54) is 0 Å². The van der Waals surface area contributed by atoms with Crippen molar-refractivity contribution in [2.24, 2.45) is 5.73 Å². The van der Waals surface area contributed by atoms with Gasteiger partial charge in [-0.05, 0) is 61.2 Å². The Morgan fingerprint density at radius 1 is 1.05 bits per heavy atom. The molecule has 7 nitrogen and oxygen atoms in total. The number of benzene rings is 3. The summed E-state index contributed by atoms with van der Waals surface area (Å²) in [5, 5.41) is 9.84. The highest BCUT2D eigenvalue weighted by Crippen LogP contribution is 2.44. The second-order valence-corrected chi connectivity index (χ2v) is 8.86. The lowest BCUT2D eigenvalue weighted by Crippen LogP contribution is -2.22. The van der Waals surface area contributed by atoms with Crippen LogP contribution in [0.5, 0.6) is 23.0 Å². The van der Waals surface area contributed by atoms with Gasteiger partial charge in [0.25, 0.3) is 0 Å². The van der Waals surface area contributed by atoms with Gasteiger partial charge in [0, 0.05) is 11.6 Å². The number of nitriles is 1. The molecular formula is C30H30N2O5. The lowest BCUT2D eigenvalue weighted by atomic mass is 9.83. The second-order valence-electron chi connectivity index (χ2n) is 8.86. The molecule has 0 aromatic heterocycles. The minimum atomic E-state index is -0.550. The number of carbonyl (C=O) groups is 1. The van der Waals surface area contributed by atoms with Gasteiger partial charge in [0.2, 0.25) is 5.88 Å². The van der Waals surface area contributed by atoms with E-state index in [4.69, 9.17) is 24.7 Å². The van der Waals surface area contributed by atoms with Crippen molar-refractivity contribution in [3.8, 4) is 29.1 Å². The third kappa shape index (κ3) is 5.87. The lowest BCUT2D eigenvalue weighted by molar-refractivity contribution is -0.136. The fourth-order valence-corrected chi connectivity index (χ4v) is 4.14. The first-order valence-corrected chi connectivity index (χ1v) is 12.2. The molecule has 0 saturated carbocycles. The normalized spacial score (nSPS) is 14.3. The monoisotopic (exact) mass is 498 g/mol. The highest BCUT2D eigenvalue weighted by atomic mass is 16.6. The first-order valence-electron chi connectivity index (χ1n) is 12.2. The molecule has 7 heteroatoms. The molecule has 1 atom stereocenters. The molecule has 0 radical (unpaired) electrons. The van der Waals surface area contributed by atoms with E-state index in [-0.39, 0.29) is 18.2 Å². The molecule has 4 rings (SSSR count). The van der Waals surface area contributed by atoms with Crippen LogP contribution in [-0.4, -0.2) is 19.2 Å². The van der Waals surface area contributed by atoms with Crippen LogP contribution in [0.25, 0.3) is 0 Å². The molecule has 0 saturated heterocycles. The van der Waals surface area contributed by atoms with E-state index in [1.54, 1.807) is 18.2 Å². The van der Waals surface area contributed by atoms with Crippen molar-refractivity contribution in [2.45, 2.75) is 39.5 Å². The SMILES string of the molecule is CCCCOc1cccc(C2C(C#N)=C(N)Oc3cc(OC(=O)COc4cccc(C)c4C)ccc32)c1. The summed E-state index contributed by atoms with van der Waals surface area (Å²) >= 11 is 0. The zero-order valence-electron chi connectivity index (χ0n) is 21.2. The van der Waals surface area contributed by atoms with Gasteiger partial charge in [-0.1, -0.05) is 43.7 Å². The van der Waals surface area contributed by atoms with E-state index in [9.17, 15) is 10.1 Å². The smallest absolute Gasteiger partial charge is 0.349 e. The minimum Gasteiger partial charge on any atom is -0.494 e. The molecule has 0 fully saturated rings. The number of rotatable bonds is 9. The Balaban J connectivity index is 1.53. The first-order chi connectivity index (χ1) is 17.9. The molecule has 1 unspecified atom stereocenters. The van der Waals surface area contributed by atoms with Gasteiger partial charge in [-0.2, -0.15) is 5.26 Å². The molecule has 190 valence electrons. The summed E-state index contributed by atoms with van der Waals surface area (Å²) in [7, 11) is 0. The number of esters is 1. The fraction of sp³-hybridized carbons (Fsp3) is 0.267. The quantitative estimate of drug-likeness (QED) is 0.230. The van der Waals surface area contributed by atoms with Gasteiger partial charge in [0.1, 0.15) is 34.6 Å². The zero-order valence-corrected chi connectivity index (χ0v) is 21.2. The number of nitrogens with zero attached hydrogens (tertiary/aromatic N) is 1. The van der Waals surface area contributed by atoms with Crippen LogP contribution < -0.4 is 24.7 Å². The van der Waals surface area contributed by atoms with Crippen LogP contribution >= 0.6 is 0 Å².